The largest absolute Gasteiger partial charge is 0.493 e. The van der Waals surface area contributed by atoms with Crippen molar-refractivity contribution in [2.45, 2.75) is 13.0 Å². The molecule has 0 radical (unpaired) electrons. The SMILES string of the molecule is COc1ccc(C(C)Nc2ncc(F)cc2F)cc1OC. The number of benzene rings is 1. The van der Waals surface area contributed by atoms with Gasteiger partial charge in [-0.15, -0.1) is 0 Å². The molecule has 1 aromatic heterocycles. The number of ether oxygens (including phenoxy) is 2. The van der Waals surface area contributed by atoms with Crippen LogP contribution in [0.4, 0.5) is 14.6 Å². The fraction of sp³-hybridized carbons (Fsp3) is 0.267. The van der Waals surface area contributed by atoms with Crippen molar-refractivity contribution >= 4 is 5.82 Å². The van der Waals surface area contributed by atoms with E-state index in [9.17, 15) is 8.78 Å². The summed E-state index contributed by atoms with van der Waals surface area (Å²) in [4.78, 5) is 3.70. The highest BCUT2D eigenvalue weighted by molar-refractivity contribution is 5.46. The van der Waals surface area contributed by atoms with Gasteiger partial charge < -0.3 is 14.8 Å². The molecule has 0 aliphatic carbocycles. The average molecular weight is 294 g/mol. The number of aromatic nitrogens is 1. The number of nitrogens with one attached hydrogen (secondary N) is 1. The van der Waals surface area contributed by atoms with E-state index >= 15 is 0 Å². The molecule has 2 aromatic rings. The lowest BCUT2D eigenvalue weighted by molar-refractivity contribution is 0.354. The molecule has 0 bridgehead atoms. The van der Waals surface area contributed by atoms with E-state index in [1.165, 1.54) is 0 Å². The Morgan fingerprint density at radius 3 is 2.43 bits per heavy atom. The summed E-state index contributed by atoms with van der Waals surface area (Å²) in [6.07, 6.45) is 0.965. The zero-order valence-electron chi connectivity index (χ0n) is 12.0. The second-order valence-corrected chi connectivity index (χ2v) is 4.46. The van der Waals surface area contributed by atoms with Crippen molar-refractivity contribution < 1.29 is 18.3 Å². The van der Waals surface area contributed by atoms with Crippen LogP contribution in [0.25, 0.3) is 0 Å². The predicted molar refractivity (Wildman–Crippen MR) is 75.7 cm³/mol. The number of methoxy groups -OCH3 is 2. The summed E-state index contributed by atoms with van der Waals surface area (Å²) in [5, 5.41) is 2.89. The third-order valence-corrected chi connectivity index (χ3v) is 3.07. The third kappa shape index (κ3) is 3.39. The first-order chi connectivity index (χ1) is 10.0. The highest BCUT2D eigenvalue weighted by atomic mass is 19.1. The Hall–Kier alpha value is -2.37. The van der Waals surface area contributed by atoms with Crippen molar-refractivity contribution in [1.82, 2.24) is 4.98 Å². The van der Waals surface area contributed by atoms with Crippen molar-refractivity contribution in [1.29, 1.82) is 0 Å². The van der Waals surface area contributed by atoms with Gasteiger partial charge in [0.2, 0.25) is 0 Å². The monoisotopic (exact) mass is 294 g/mol. The van der Waals surface area contributed by atoms with Gasteiger partial charge in [0.1, 0.15) is 5.82 Å². The van der Waals surface area contributed by atoms with Gasteiger partial charge in [-0.2, -0.15) is 0 Å². The van der Waals surface area contributed by atoms with Crippen LogP contribution in [0.5, 0.6) is 11.5 Å². The number of pyridine rings is 1. The van der Waals surface area contributed by atoms with E-state index in [4.69, 9.17) is 9.47 Å². The van der Waals surface area contributed by atoms with E-state index < -0.39 is 11.6 Å². The number of hydrogen-bond donors (Lipinski definition) is 1. The average Bonchev–Trinajstić information content (AvgIpc) is 2.49. The van der Waals surface area contributed by atoms with E-state index in [1.807, 2.05) is 13.0 Å². The van der Waals surface area contributed by atoms with Crippen molar-refractivity contribution in [3.8, 4) is 11.5 Å². The maximum atomic E-state index is 13.6. The lowest BCUT2D eigenvalue weighted by atomic mass is 10.1. The first-order valence-corrected chi connectivity index (χ1v) is 6.34. The Bertz CT molecular complexity index is 635. The molecule has 0 fully saturated rings. The van der Waals surface area contributed by atoms with Gasteiger partial charge in [-0.1, -0.05) is 6.07 Å². The molecule has 0 aliphatic heterocycles. The normalized spacial score (nSPS) is 11.9. The van der Waals surface area contributed by atoms with Crippen LogP contribution >= 0.6 is 0 Å². The second-order valence-electron chi connectivity index (χ2n) is 4.46. The van der Waals surface area contributed by atoms with Gasteiger partial charge in [0.25, 0.3) is 0 Å². The molecular formula is C15H16F2N2O2. The van der Waals surface area contributed by atoms with Crippen LogP contribution in [-0.2, 0) is 0 Å². The van der Waals surface area contributed by atoms with Gasteiger partial charge in [0, 0.05) is 6.07 Å². The molecule has 2 rings (SSSR count). The van der Waals surface area contributed by atoms with Gasteiger partial charge in [-0.3, -0.25) is 0 Å². The molecule has 6 heteroatoms. The summed E-state index contributed by atoms with van der Waals surface area (Å²) in [5.74, 6) is -0.256. The van der Waals surface area contributed by atoms with Gasteiger partial charge in [-0.05, 0) is 24.6 Å². The zero-order valence-corrected chi connectivity index (χ0v) is 12.0. The molecule has 1 unspecified atom stereocenters. The molecule has 1 heterocycles. The van der Waals surface area contributed by atoms with Crippen LogP contribution in [0.15, 0.2) is 30.5 Å². The molecule has 1 N–H and O–H groups in total. The first kappa shape index (κ1) is 15.0. The highest BCUT2D eigenvalue weighted by Crippen LogP contribution is 2.31. The lowest BCUT2D eigenvalue weighted by Crippen LogP contribution is -2.10. The number of nitrogens with zero attached hydrogens (tertiary/aromatic N) is 1. The summed E-state index contributed by atoms with van der Waals surface area (Å²) in [7, 11) is 3.10. The second kappa shape index (κ2) is 6.39. The first-order valence-electron chi connectivity index (χ1n) is 6.34. The van der Waals surface area contributed by atoms with E-state index in [1.54, 1.807) is 26.4 Å². The molecule has 21 heavy (non-hydrogen) atoms. The van der Waals surface area contributed by atoms with Crippen LogP contribution < -0.4 is 14.8 Å². The Kier molecular flexibility index (Phi) is 4.57. The van der Waals surface area contributed by atoms with Crippen molar-refractivity contribution in [3.05, 3.63) is 47.7 Å². The molecular weight excluding hydrogens is 278 g/mol. The van der Waals surface area contributed by atoms with E-state index in [0.717, 1.165) is 17.8 Å². The van der Waals surface area contributed by atoms with Crippen LogP contribution in [0.2, 0.25) is 0 Å². The van der Waals surface area contributed by atoms with Gasteiger partial charge in [-0.25, -0.2) is 13.8 Å². The summed E-state index contributed by atoms with van der Waals surface area (Å²) < 4.78 is 36.8. The third-order valence-electron chi connectivity index (χ3n) is 3.07. The Labute approximate surface area is 121 Å². The molecule has 0 aliphatic rings. The minimum absolute atomic E-state index is 0.00122. The summed E-state index contributed by atoms with van der Waals surface area (Å²) in [6.45, 7) is 1.84. The zero-order chi connectivity index (χ0) is 15.4. The standard InChI is InChI=1S/C15H16F2N2O2/c1-9(19-15-12(17)7-11(16)8-18-15)10-4-5-13(20-2)14(6-10)21-3/h4-9H,1-3H3,(H,18,19). The fourth-order valence-electron chi connectivity index (χ4n) is 1.93. The summed E-state index contributed by atoms with van der Waals surface area (Å²) >= 11 is 0. The number of halogens is 2. The van der Waals surface area contributed by atoms with Crippen molar-refractivity contribution in [2.24, 2.45) is 0 Å². The molecule has 1 atom stereocenters. The Morgan fingerprint density at radius 2 is 1.81 bits per heavy atom. The molecule has 0 saturated carbocycles. The van der Waals surface area contributed by atoms with E-state index in [-0.39, 0.29) is 11.9 Å². The van der Waals surface area contributed by atoms with E-state index in [2.05, 4.69) is 10.3 Å². The van der Waals surface area contributed by atoms with Crippen molar-refractivity contribution in [2.75, 3.05) is 19.5 Å². The van der Waals surface area contributed by atoms with Crippen LogP contribution in [0.1, 0.15) is 18.5 Å². The van der Waals surface area contributed by atoms with E-state index in [0.29, 0.717) is 11.5 Å². The predicted octanol–water partition coefficient (Wildman–Crippen LogP) is 3.55. The number of hydrogen-bond acceptors (Lipinski definition) is 4. The molecule has 0 amide bonds. The summed E-state index contributed by atoms with van der Waals surface area (Å²) in [5.41, 5.74) is 0.859. The quantitative estimate of drug-likeness (QED) is 0.916. The van der Waals surface area contributed by atoms with Gasteiger partial charge in [0.05, 0.1) is 26.5 Å². The fourth-order valence-corrected chi connectivity index (χ4v) is 1.93. The lowest BCUT2D eigenvalue weighted by Gasteiger charge is -2.17. The molecule has 4 nitrogen and oxygen atoms in total. The number of rotatable bonds is 5. The van der Waals surface area contributed by atoms with Crippen molar-refractivity contribution in [3.63, 3.8) is 0 Å². The molecule has 1 aromatic carbocycles. The maximum Gasteiger partial charge on any atom is 0.168 e. The van der Waals surface area contributed by atoms with Crippen LogP contribution in [0, 0.1) is 11.6 Å². The van der Waals surface area contributed by atoms with Crippen LogP contribution in [0.3, 0.4) is 0 Å². The molecule has 0 spiro atoms. The number of anilines is 1. The highest BCUT2D eigenvalue weighted by Gasteiger charge is 2.13. The minimum Gasteiger partial charge on any atom is -0.493 e. The smallest absolute Gasteiger partial charge is 0.168 e. The maximum absolute atomic E-state index is 13.6. The minimum atomic E-state index is -0.734. The van der Waals surface area contributed by atoms with Gasteiger partial charge in [0.15, 0.2) is 23.1 Å². The summed E-state index contributed by atoms with van der Waals surface area (Å²) in [6, 6.07) is 5.94. The van der Waals surface area contributed by atoms with Crippen LogP contribution in [-0.4, -0.2) is 19.2 Å². The topological polar surface area (TPSA) is 43.4 Å². The Balaban J connectivity index is 2.21. The van der Waals surface area contributed by atoms with Gasteiger partial charge >= 0.3 is 0 Å². The Morgan fingerprint density at radius 1 is 1.10 bits per heavy atom. The molecule has 112 valence electrons. The molecule has 0 saturated heterocycles.